The fourth-order valence-electron chi connectivity index (χ4n) is 0.867. The zero-order chi connectivity index (χ0) is 8.10. The molecule has 2 heteroatoms. The Labute approximate surface area is 65.9 Å². The minimum Gasteiger partial charge on any atom is -0.381 e. The van der Waals surface area contributed by atoms with Crippen molar-refractivity contribution in [2.24, 2.45) is 0 Å². The molecule has 0 aliphatic heterocycles. The van der Waals surface area contributed by atoms with Gasteiger partial charge in [-0.3, -0.25) is 0 Å². The molecule has 0 saturated carbocycles. The standard InChI is InChI=1S/C9H9NO/c1-10-7-9(11)8-5-3-2-4-6-8/h2-6,9,11H,7H2. The Morgan fingerprint density at radius 1 is 1.36 bits per heavy atom. The van der Waals surface area contributed by atoms with Crippen molar-refractivity contribution in [2.75, 3.05) is 6.54 Å². The maximum Gasteiger partial charge on any atom is 0.244 e. The van der Waals surface area contributed by atoms with E-state index in [1.54, 1.807) is 0 Å². The first-order valence-corrected chi connectivity index (χ1v) is 3.41. The summed E-state index contributed by atoms with van der Waals surface area (Å²) in [4.78, 5) is 3.11. The molecule has 0 bridgehead atoms. The molecule has 1 rings (SSSR count). The van der Waals surface area contributed by atoms with E-state index in [2.05, 4.69) is 4.85 Å². The monoisotopic (exact) mass is 147 g/mol. The van der Waals surface area contributed by atoms with Crippen molar-refractivity contribution < 1.29 is 5.11 Å². The summed E-state index contributed by atoms with van der Waals surface area (Å²) >= 11 is 0. The fourth-order valence-corrected chi connectivity index (χ4v) is 0.867. The van der Waals surface area contributed by atoms with Gasteiger partial charge < -0.3 is 9.95 Å². The topological polar surface area (TPSA) is 24.6 Å². The van der Waals surface area contributed by atoms with Crippen LogP contribution >= 0.6 is 0 Å². The highest BCUT2D eigenvalue weighted by atomic mass is 16.3. The van der Waals surface area contributed by atoms with E-state index in [-0.39, 0.29) is 6.54 Å². The second kappa shape index (κ2) is 3.75. The van der Waals surface area contributed by atoms with Crippen LogP contribution in [0.2, 0.25) is 0 Å². The number of hydrogen-bond donors (Lipinski definition) is 1. The molecule has 1 N–H and O–H groups in total. The highest BCUT2D eigenvalue weighted by molar-refractivity contribution is 5.17. The lowest BCUT2D eigenvalue weighted by Crippen LogP contribution is -1.98. The largest absolute Gasteiger partial charge is 0.381 e. The number of hydrogen-bond acceptors (Lipinski definition) is 1. The molecule has 0 fully saturated rings. The van der Waals surface area contributed by atoms with Crippen LogP contribution in [0.25, 0.3) is 4.85 Å². The van der Waals surface area contributed by atoms with Crippen molar-refractivity contribution in [1.82, 2.24) is 0 Å². The highest BCUT2D eigenvalue weighted by Gasteiger charge is 2.07. The average Bonchev–Trinajstić information content (AvgIpc) is 2.07. The predicted octanol–water partition coefficient (Wildman–Crippen LogP) is 1.64. The summed E-state index contributed by atoms with van der Waals surface area (Å²) in [6.07, 6.45) is -0.631. The summed E-state index contributed by atoms with van der Waals surface area (Å²) in [5.74, 6) is 0. The van der Waals surface area contributed by atoms with E-state index in [0.717, 1.165) is 5.56 Å². The van der Waals surface area contributed by atoms with E-state index in [9.17, 15) is 5.11 Å². The summed E-state index contributed by atoms with van der Waals surface area (Å²) in [5.41, 5.74) is 0.809. The zero-order valence-electron chi connectivity index (χ0n) is 6.07. The van der Waals surface area contributed by atoms with E-state index in [1.807, 2.05) is 30.3 Å². The molecule has 1 unspecified atom stereocenters. The number of nitrogens with zero attached hydrogens (tertiary/aromatic N) is 1. The summed E-state index contributed by atoms with van der Waals surface area (Å²) in [5, 5.41) is 9.31. The van der Waals surface area contributed by atoms with Crippen LogP contribution in [0.1, 0.15) is 11.7 Å². The molecule has 1 aromatic carbocycles. The van der Waals surface area contributed by atoms with Gasteiger partial charge in [0.25, 0.3) is 0 Å². The van der Waals surface area contributed by atoms with Gasteiger partial charge in [0.15, 0.2) is 6.10 Å². The lowest BCUT2D eigenvalue weighted by atomic mass is 10.1. The molecular formula is C9H9NO. The third kappa shape index (κ3) is 2.06. The number of aliphatic hydroxyl groups is 1. The third-order valence-electron chi connectivity index (χ3n) is 1.45. The number of benzene rings is 1. The predicted molar refractivity (Wildman–Crippen MR) is 42.9 cm³/mol. The van der Waals surface area contributed by atoms with Gasteiger partial charge in [-0.15, -0.1) is 0 Å². The minimum absolute atomic E-state index is 0.143. The summed E-state index contributed by atoms with van der Waals surface area (Å²) in [6, 6.07) is 9.21. The molecule has 0 amide bonds. The summed E-state index contributed by atoms with van der Waals surface area (Å²) < 4.78 is 0. The molecule has 11 heavy (non-hydrogen) atoms. The molecule has 1 atom stereocenters. The van der Waals surface area contributed by atoms with Crippen LogP contribution in [0.15, 0.2) is 30.3 Å². The van der Waals surface area contributed by atoms with Crippen LogP contribution in [-0.2, 0) is 0 Å². The molecule has 0 heterocycles. The van der Waals surface area contributed by atoms with Crippen molar-refractivity contribution in [3.63, 3.8) is 0 Å². The minimum atomic E-state index is -0.631. The third-order valence-corrected chi connectivity index (χ3v) is 1.45. The van der Waals surface area contributed by atoms with Crippen LogP contribution in [0.5, 0.6) is 0 Å². The Morgan fingerprint density at radius 3 is 2.55 bits per heavy atom. The number of aliphatic hydroxyl groups excluding tert-OH is 1. The van der Waals surface area contributed by atoms with E-state index >= 15 is 0 Å². The quantitative estimate of drug-likeness (QED) is 0.632. The van der Waals surface area contributed by atoms with Gasteiger partial charge in [-0.25, -0.2) is 6.57 Å². The second-order valence-electron chi connectivity index (χ2n) is 2.27. The van der Waals surface area contributed by atoms with Gasteiger partial charge >= 0.3 is 0 Å². The van der Waals surface area contributed by atoms with Gasteiger partial charge in [-0.1, -0.05) is 30.3 Å². The molecule has 0 spiro atoms. The summed E-state index contributed by atoms with van der Waals surface area (Å²) in [6.45, 7) is 6.69. The second-order valence-corrected chi connectivity index (χ2v) is 2.27. The Bertz CT molecular complexity index is 250. The smallest absolute Gasteiger partial charge is 0.244 e. The Kier molecular flexibility index (Phi) is 2.65. The average molecular weight is 147 g/mol. The van der Waals surface area contributed by atoms with Crippen molar-refractivity contribution in [1.29, 1.82) is 0 Å². The molecule has 0 aliphatic rings. The Morgan fingerprint density at radius 2 is 2.00 bits per heavy atom. The maximum absolute atomic E-state index is 9.31. The normalized spacial score (nSPS) is 12.0. The summed E-state index contributed by atoms with van der Waals surface area (Å²) in [7, 11) is 0. The number of rotatable bonds is 2. The van der Waals surface area contributed by atoms with Crippen molar-refractivity contribution in [3.8, 4) is 0 Å². The van der Waals surface area contributed by atoms with E-state index in [0.29, 0.717) is 0 Å². The van der Waals surface area contributed by atoms with Gasteiger partial charge in [0.05, 0.1) is 0 Å². The van der Waals surface area contributed by atoms with Crippen molar-refractivity contribution in [3.05, 3.63) is 47.3 Å². The van der Waals surface area contributed by atoms with Crippen LogP contribution in [0.3, 0.4) is 0 Å². The maximum atomic E-state index is 9.31. The molecule has 0 aliphatic carbocycles. The van der Waals surface area contributed by atoms with Crippen molar-refractivity contribution >= 4 is 0 Å². The van der Waals surface area contributed by atoms with Crippen LogP contribution in [0.4, 0.5) is 0 Å². The Hall–Kier alpha value is -1.33. The first-order chi connectivity index (χ1) is 5.34. The molecule has 56 valence electrons. The highest BCUT2D eigenvalue weighted by Crippen LogP contribution is 2.11. The van der Waals surface area contributed by atoms with Gasteiger partial charge in [0.2, 0.25) is 6.54 Å². The first kappa shape index (κ1) is 7.77. The SMILES string of the molecule is [C-]#[N+]CC(O)c1ccccc1. The lowest BCUT2D eigenvalue weighted by Gasteiger charge is -2.01. The van der Waals surface area contributed by atoms with Gasteiger partial charge in [0.1, 0.15) is 0 Å². The Balaban J connectivity index is 2.70. The zero-order valence-corrected chi connectivity index (χ0v) is 6.07. The van der Waals surface area contributed by atoms with E-state index < -0.39 is 6.10 Å². The van der Waals surface area contributed by atoms with Crippen molar-refractivity contribution in [2.45, 2.75) is 6.10 Å². The van der Waals surface area contributed by atoms with E-state index in [4.69, 9.17) is 6.57 Å². The van der Waals surface area contributed by atoms with Crippen LogP contribution < -0.4 is 0 Å². The fraction of sp³-hybridized carbons (Fsp3) is 0.222. The molecule has 0 saturated heterocycles. The molecule has 2 nitrogen and oxygen atoms in total. The lowest BCUT2D eigenvalue weighted by molar-refractivity contribution is 0.195. The molecule has 0 radical (unpaired) electrons. The molecule has 0 aromatic heterocycles. The van der Waals surface area contributed by atoms with Gasteiger partial charge in [0, 0.05) is 0 Å². The van der Waals surface area contributed by atoms with Gasteiger partial charge in [-0.2, -0.15) is 0 Å². The first-order valence-electron chi connectivity index (χ1n) is 3.41. The molecular weight excluding hydrogens is 138 g/mol. The van der Waals surface area contributed by atoms with E-state index in [1.165, 1.54) is 0 Å². The van der Waals surface area contributed by atoms with Gasteiger partial charge in [-0.05, 0) is 5.56 Å². The van der Waals surface area contributed by atoms with Crippen LogP contribution in [0, 0.1) is 6.57 Å². The molecule has 1 aromatic rings. The van der Waals surface area contributed by atoms with Crippen LogP contribution in [-0.4, -0.2) is 11.7 Å².